The van der Waals surface area contributed by atoms with Gasteiger partial charge in [-0.3, -0.25) is 47.9 Å². The summed E-state index contributed by atoms with van der Waals surface area (Å²) in [6, 6.07) is 5.03. The van der Waals surface area contributed by atoms with E-state index in [0.717, 1.165) is 17.7 Å². The summed E-state index contributed by atoms with van der Waals surface area (Å²) < 4.78 is 5.24. The molecule has 8 amide bonds. The highest BCUT2D eigenvalue weighted by Gasteiger charge is 2.33. The summed E-state index contributed by atoms with van der Waals surface area (Å²) in [7, 11) is 0. The SMILES string of the molecule is CC(C)C[C@@H]1NC(=O)CNC(=O)[C@H](CCC(=O)O)NC(=O)[C@H](Cc2cc(=O)oc3cc(O)ccc23)NC(=O)[C@H](CCc2ccccc2)NC(=O)CC[C@@H](CC(N)=O)NC(=O)[C@H](CCC(=O)O)NC1=O. The van der Waals surface area contributed by atoms with Crippen LogP contribution in [0.4, 0.5) is 0 Å². The van der Waals surface area contributed by atoms with E-state index in [4.69, 9.17) is 10.2 Å². The van der Waals surface area contributed by atoms with E-state index < -0.39 is 153 Å². The van der Waals surface area contributed by atoms with Crippen LogP contribution in [0.1, 0.15) is 82.8 Å². The van der Waals surface area contributed by atoms with Gasteiger partial charge in [0.2, 0.25) is 47.3 Å². The highest BCUT2D eigenvalue weighted by molar-refractivity contribution is 5.97. The molecule has 3 aromatic rings. The first-order valence-electron chi connectivity index (χ1n) is 22.3. The van der Waals surface area contributed by atoms with Gasteiger partial charge < -0.3 is 62.7 Å². The first-order valence-corrected chi connectivity index (χ1v) is 22.3. The smallest absolute Gasteiger partial charge is 0.336 e. The number of carboxylic acid groups (broad SMARTS) is 2. The van der Waals surface area contributed by atoms with Crippen LogP contribution in [0.3, 0.4) is 0 Å². The molecule has 2 aromatic carbocycles. The topological polar surface area (TPSA) is 372 Å². The van der Waals surface area contributed by atoms with Crippen molar-refractivity contribution in [3.8, 4) is 5.75 Å². The first-order chi connectivity index (χ1) is 32.7. The van der Waals surface area contributed by atoms with Crippen molar-refractivity contribution in [3.63, 3.8) is 0 Å². The van der Waals surface area contributed by atoms with Crippen molar-refractivity contribution in [2.45, 2.75) is 121 Å². The Morgan fingerprint density at radius 1 is 0.681 bits per heavy atom. The Bertz CT molecular complexity index is 2440. The molecule has 0 aliphatic carbocycles. The Labute approximate surface area is 395 Å². The van der Waals surface area contributed by atoms with Gasteiger partial charge in [0.1, 0.15) is 41.5 Å². The molecule has 69 heavy (non-hydrogen) atoms. The lowest BCUT2D eigenvalue weighted by atomic mass is 9.99. The molecular formula is C46H58N8O15. The monoisotopic (exact) mass is 962 g/mol. The van der Waals surface area contributed by atoms with Crippen molar-refractivity contribution >= 4 is 70.2 Å². The van der Waals surface area contributed by atoms with Gasteiger partial charge in [0.15, 0.2) is 0 Å². The zero-order valence-electron chi connectivity index (χ0n) is 38.0. The number of phenolic OH excluding ortho intramolecular Hbond substituents is 1. The van der Waals surface area contributed by atoms with Gasteiger partial charge in [-0.05, 0) is 67.7 Å². The third-order valence-electron chi connectivity index (χ3n) is 10.9. The number of primary amides is 1. The van der Waals surface area contributed by atoms with Crippen molar-refractivity contribution in [2.24, 2.45) is 11.7 Å². The molecule has 6 atom stereocenters. The number of fused-ring (bicyclic) bond motifs is 1. The Morgan fingerprint density at radius 3 is 1.87 bits per heavy atom. The van der Waals surface area contributed by atoms with Crippen LogP contribution in [0.5, 0.6) is 5.75 Å². The highest BCUT2D eigenvalue weighted by atomic mass is 16.4. The van der Waals surface area contributed by atoms with E-state index in [1.165, 1.54) is 12.1 Å². The molecule has 1 aliphatic rings. The van der Waals surface area contributed by atoms with Gasteiger partial charge in [-0.1, -0.05) is 44.2 Å². The molecule has 1 aliphatic heterocycles. The van der Waals surface area contributed by atoms with Gasteiger partial charge in [0.25, 0.3) is 0 Å². The fourth-order valence-electron chi connectivity index (χ4n) is 7.51. The van der Waals surface area contributed by atoms with Crippen molar-refractivity contribution in [2.75, 3.05) is 6.54 Å². The molecule has 2 heterocycles. The number of amides is 8. The molecule has 0 saturated carbocycles. The van der Waals surface area contributed by atoms with E-state index in [0.29, 0.717) is 0 Å². The van der Waals surface area contributed by atoms with E-state index in [1.54, 1.807) is 44.2 Å². The van der Waals surface area contributed by atoms with Crippen LogP contribution in [0.2, 0.25) is 0 Å². The van der Waals surface area contributed by atoms with Crippen LogP contribution in [0.15, 0.2) is 63.8 Å². The van der Waals surface area contributed by atoms with Crippen LogP contribution < -0.4 is 48.6 Å². The third-order valence-corrected chi connectivity index (χ3v) is 10.9. The molecule has 23 nitrogen and oxygen atoms in total. The summed E-state index contributed by atoms with van der Waals surface area (Å²) in [5.41, 5.74) is 5.43. The van der Waals surface area contributed by atoms with E-state index in [9.17, 15) is 68.1 Å². The number of carbonyl (C=O) groups excluding carboxylic acids is 8. The van der Waals surface area contributed by atoms with E-state index in [1.807, 2.05) is 0 Å². The molecule has 0 spiro atoms. The molecule has 1 aromatic heterocycles. The second-order valence-electron chi connectivity index (χ2n) is 17.1. The first kappa shape index (κ1) is 53.8. The fraction of sp³-hybridized carbons (Fsp3) is 0.457. The standard InChI is InChI=1S/C46H58N8O15/c1-24(2)18-33-45(67)53-32(14-17-40(61)62)43(65)49-27(21-36(47)56)9-15-37(57)50-31(12-8-25-6-4-3-5-7-25)44(66)54-34(19-26-20-41(63)69-35-22-28(55)10-11-29(26)35)46(68)52-30(13-16-39(59)60)42(64)48-23-38(58)51-33/h3-7,10-11,20,22,24,27,30-34,55H,8-9,12-19,21,23H2,1-2H3,(H2,47,56)(H,48,64)(H,49,65)(H,50,57)(H,51,58)(H,52,68)(H,53,67)(H,54,66)(H,59,60)(H,61,62)/t27-,30-,31-,32-,33-,34-/m0/s1. The minimum Gasteiger partial charge on any atom is -0.508 e. The van der Waals surface area contributed by atoms with E-state index >= 15 is 0 Å². The van der Waals surface area contributed by atoms with Crippen LogP contribution >= 0.6 is 0 Å². The van der Waals surface area contributed by atoms with Crippen molar-refractivity contribution in [3.05, 3.63) is 76.1 Å². The van der Waals surface area contributed by atoms with Crippen LogP contribution in [-0.4, -0.2) is 117 Å². The molecule has 12 N–H and O–H groups in total. The van der Waals surface area contributed by atoms with E-state index in [2.05, 4.69) is 37.2 Å². The lowest BCUT2D eigenvalue weighted by Gasteiger charge is -2.26. The van der Waals surface area contributed by atoms with Crippen molar-refractivity contribution in [1.29, 1.82) is 0 Å². The minimum absolute atomic E-state index is 0.00522. The van der Waals surface area contributed by atoms with E-state index in [-0.39, 0.29) is 53.9 Å². The number of carboxylic acids is 2. The van der Waals surface area contributed by atoms with Crippen molar-refractivity contribution in [1.82, 2.24) is 37.2 Å². The lowest BCUT2D eigenvalue weighted by Crippen LogP contribution is -2.58. The maximum absolute atomic E-state index is 14.4. The summed E-state index contributed by atoms with van der Waals surface area (Å²) in [5, 5.41) is 46.8. The fourth-order valence-corrected chi connectivity index (χ4v) is 7.51. The summed E-state index contributed by atoms with van der Waals surface area (Å²) in [5.74, 6) is -10.6. The Kier molecular flexibility index (Phi) is 20.2. The zero-order valence-corrected chi connectivity index (χ0v) is 38.0. The molecule has 4 rings (SSSR count). The van der Waals surface area contributed by atoms with Crippen LogP contribution in [0, 0.1) is 5.92 Å². The molecular weight excluding hydrogens is 905 g/mol. The normalized spacial score (nSPS) is 21.7. The molecule has 0 unspecified atom stereocenters. The highest BCUT2D eigenvalue weighted by Crippen LogP contribution is 2.23. The average Bonchev–Trinajstić information content (AvgIpc) is 3.27. The molecule has 1 fully saturated rings. The molecule has 23 heteroatoms. The summed E-state index contributed by atoms with van der Waals surface area (Å²) in [4.78, 5) is 145. The third kappa shape index (κ3) is 18.1. The average molecular weight is 963 g/mol. The molecule has 0 radical (unpaired) electrons. The molecule has 1 saturated heterocycles. The minimum atomic E-state index is -1.66. The Morgan fingerprint density at radius 2 is 1.25 bits per heavy atom. The zero-order chi connectivity index (χ0) is 50.8. The molecule has 0 bridgehead atoms. The van der Waals surface area contributed by atoms with Gasteiger partial charge in [0, 0.05) is 55.7 Å². The van der Waals surface area contributed by atoms with Gasteiger partial charge in [-0.25, -0.2) is 4.79 Å². The lowest BCUT2D eigenvalue weighted by molar-refractivity contribution is -0.139. The number of benzene rings is 2. The number of phenols is 1. The number of hydrogen-bond donors (Lipinski definition) is 11. The summed E-state index contributed by atoms with van der Waals surface area (Å²) in [6.45, 7) is 2.64. The predicted molar refractivity (Wildman–Crippen MR) is 243 cm³/mol. The summed E-state index contributed by atoms with van der Waals surface area (Å²) in [6.07, 6.45) is -3.67. The Balaban J connectivity index is 1.80. The van der Waals surface area contributed by atoms with Gasteiger partial charge >= 0.3 is 17.6 Å². The second-order valence-corrected chi connectivity index (χ2v) is 17.1. The number of hydrogen-bond acceptors (Lipinski definition) is 13. The number of nitrogens with two attached hydrogens (primary N) is 1. The maximum atomic E-state index is 14.4. The number of aromatic hydroxyl groups is 1. The molecule has 372 valence electrons. The number of aryl methyl sites for hydroxylation is 1. The van der Waals surface area contributed by atoms with Crippen molar-refractivity contribution < 1.29 is 67.7 Å². The number of nitrogens with one attached hydrogen (secondary N) is 7. The largest absolute Gasteiger partial charge is 0.508 e. The van der Waals surface area contributed by atoms with Crippen LogP contribution in [-0.2, 0) is 60.8 Å². The quantitative estimate of drug-likeness (QED) is 0.0826. The van der Waals surface area contributed by atoms with Crippen LogP contribution in [0.25, 0.3) is 11.0 Å². The Hall–Kier alpha value is -7.85. The maximum Gasteiger partial charge on any atom is 0.336 e. The summed E-state index contributed by atoms with van der Waals surface area (Å²) >= 11 is 0. The number of aliphatic carboxylic acids is 2. The van der Waals surface area contributed by atoms with Gasteiger partial charge in [-0.2, -0.15) is 0 Å². The van der Waals surface area contributed by atoms with Gasteiger partial charge in [-0.15, -0.1) is 0 Å². The predicted octanol–water partition coefficient (Wildman–Crippen LogP) is -0.856. The van der Waals surface area contributed by atoms with Gasteiger partial charge in [0.05, 0.1) is 6.54 Å². The number of rotatable bonds is 15. The number of carbonyl (C=O) groups is 10. The second kappa shape index (κ2) is 25.9.